The minimum absolute atomic E-state index is 0.127. The number of carbonyl (C=O) groups excluding carboxylic acids is 2. The van der Waals surface area contributed by atoms with Gasteiger partial charge in [-0.3, -0.25) is 19.5 Å². The third kappa shape index (κ3) is 5.43. The lowest BCUT2D eigenvalue weighted by molar-refractivity contribution is -0.155. The Bertz CT molecular complexity index is 1210. The second-order valence-corrected chi connectivity index (χ2v) is 11.1. The van der Waals surface area contributed by atoms with E-state index in [9.17, 15) is 24.6 Å². The number of hydrogen-bond donors (Lipinski definition) is 3. The van der Waals surface area contributed by atoms with Gasteiger partial charge in [0.25, 0.3) is 5.91 Å². The molecular formula is C27H33ClN4O5. The maximum absolute atomic E-state index is 13.5. The molecule has 9 nitrogen and oxygen atoms in total. The van der Waals surface area contributed by atoms with Crippen LogP contribution in [-0.2, 0) is 34.7 Å². The SMILES string of the molecule is CC(C)(C)N(Cc1ccc(Cl)cc1CNC(=O)[C@@H]1CCCN1C(=O)C1(O)CCc2ncccc21)C(=O)O. The summed E-state index contributed by atoms with van der Waals surface area (Å²) in [5.74, 6) is -0.793. The summed E-state index contributed by atoms with van der Waals surface area (Å²) >= 11 is 6.21. The number of nitrogens with zero attached hydrogens (tertiary/aromatic N) is 3. The van der Waals surface area contributed by atoms with Gasteiger partial charge >= 0.3 is 6.09 Å². The van der Waals surface area contributed by atoms with Crippen LogP contribution in [0.5, 0.6) is 0 Å². The number of carboxylic acid groups (broad SMARTS) is 1. The third-order valence-electron chi connectivity index (χ3n) is 7.22. The van der Waals surface area contributed by atoms with Gasteiger partial charge in [-0.1, -0.05) is 23.7 Å². The second-order valence-electron chi connectivity index (χ2n) is 10.7. The highest BCUT2D eigenvalue weighted by atomic mass is 35.5. The molecule has 1 aliphatic carbocycles. The molecule has 198 valence electrons. The molecule has 3 N–H and O–H groups in total. The van der Waals surface area contributed by atoms with Gasteiger partial charge < -0.3 is 20.4 Å². The molecule has 1 aliphatic heterocycles. The van der Waals surface area contributed by atoms with Crippen molar-refractivity contribution in [3.8, 4) is 0 Å². The average Bonchev–Trinajstić information content (AvgIpc) is 3.46. The number of nitrogens with one attached hydrogen (secondary N) is 1. The third-order valence-corrected chi connectivity index (χ3v) is 7.46. The first-order valence-corrected chi connectivity index (χ1v) is 12.8. The number of amides is 3. The van der Waals surface area contributed by atoms with Gasteiger partial charge in [-0.25, -0.2) is 4.79 Å². The van der Waals surface area contributed by atoms with Gasteiger partial charge in [-0.2, -0.15) is 0 Å². The summed E-state index contributed by atoms with van der Waals surface area (Å²) < 4.78 is 0. The molecule has 1 unspecified atom stereocenters. The van der Waals surface area contributed by atoms with Gasteiger partial charge in [0.15, 0.2) is 5.60 Å². The Labute approximate surface area is 221 Å². The number of aromatic nitrogens is 1. The van der Waals surface area contributed by atoms with Crippen molar-refractivity contribution in [2.75, 3.05) is 6.54 Å². The number of pyridine rings is 1. The normalized spacial score (nSPS) is 21.0. The predicted molar refractivity (Wildman–Crippen MR) is 138 cm³/mol. The summed E-state index contributed by atoms with van der Waals surface area (Å²) in [5, 5.41) is 24.4. The van der Waals surface area contributed by atoms with Crippen molar-refractivity contribution in [3.05, 3.63) is 63.9 Å². The maximum atomic E-state index is 13.5. The number of benzene rings is 1. The summed E-state index contributed by atoms with van der Waals surface area (Å²) in [5.41, 5.74) is 0.340. The average molecular weight is 529 g/mol. The summed E-state index contributed by atoms with van der Waals surface area (Å²) in [6.07, 6.45) is 2.49. The van der Waals surface area contributed by atoms with Crippen molar-refractivity contribution < 1.29 is 24.6 Å². The first kappa shape index (κ1) is 26.9. The molecule has 1 aromatic carbocycles. The molecule has 4 rings (SSSR count). The van der Waals surface area contributed by atoms with E-state index in [1.807, 2.05) is 20.8 Å². The van der Waals surface area contributed by atoms with Crippen LogP contribution in [0.15, 0.2) is 36.5 Å². The Kier molecular flexibility index (Phi) is 7.48. The van der Waals surface area contributed by atoms with Crippen LogP contribution in [0, 0.1) is 0 Å². The number of aliphatic hydroxyl groups is 1. The van der Waals surface area contributed by atoms with Crippen LogP contribution >= 0.6 is 11.6 Å². The fraction of sp³-hybridized carbons (Fsp3) is 0.481. The van der Waals surface area contributed by atoms with Crippen LogP contribution in [-0.4, -0.2) is 61.0 Å². The highest BCUT2D eigenvalue weighted by Gasteiger charge is 2.49. The minimum atomic E-state index is -1.68. The lowest BCUT2D eigenvalue weighted by atomic mass is 9.95. The van der Waals surface area contributed by atoms with E-state index in [1.54, 1.807) is 36.5 Å². The molecule has 2 aliphatic rings. The highest BCUT2D eigenvalue weighted by molar-refractivity contribution is 6.30. The van der Waals surface area contributed by atoms with E-state index in [4.69, 9.17) is 11.6 Å². The first-order valence-electron chi connectivity index (χ1n) is 12.4. The van der Waals surface area contributed by atoms with E-state index >= 15 is 0 Å². The molecule has 3 amide bonds. The molecule has 10 heteroatoms. The zero-order chi connectivity index (χ0) is 27.0. The van der Waals surface area contributed by atoms with Crippen molar-refractivity contribution in [3.63, 3.8) is 0 Å². The fourth-order valence-electron chi connectivity index (χ4n) is 5.17. The number of carbonyl (C=O) groups is 3. The number of hydrogen-bond acceptors (Lipinski definition) is 5. The molecule has 0 spiro atoms. The largest absolute Gasteiger partial charge is 0.465 e. The van der Waals surface area contributed by atoms with Crippen molar-refractivity contribution >= 4 is 29.5 Å². The van der Waals surface area contributed by atoms with E-state index in [2.05, 4.69) is 10.3 Å². The topological polar surface area (TPSA) is 123 Å². The Morgan fingerprint density at radius 2 is 2.00 bits per heavy atom. The van der Waals surface area contributed by atoms with Crippen LogP contribution in [0.3, 0.4) is 0 Å². The monoisotopic (exact) mass is 528 g/mol. The molecule has 0 bridgehead atoms. The molecule has 1 saturated heterocycles. The van der Waals surface area contributed by atoms with E-state index in [1.165, 1.54) is 9.80 Å². The van der Waals surface area contributed by atoms with Gasteiger partial charge in [-0.05, 0) is 75.8 Å². The van der Waals surface area contributed by atoms with Crippen LogP contribution in [0.4, 0.5) is 4.79 Å². The van der Waals surface area contributed by atoms with E-state index in [-0.39, 0.29) is 25.4 Å². The number of aryl methyl sites for hydroxylation is 1. The molecule has 2 aromatic rings. The number of likely N-dealkylation sites (tertiary alicyclic amines) is 1. The van der Waals surface area contributed by atoms with Crippen molar-refractivity contribution in [2.45, 2.75) is 76.7 Å². The smallest absolute Gasteiger partial charge is 0.408 e. The van der Waals surface area contributed by atoms with Gasteiger partial charge in [0.2, 0.25) is 5.91 Å². The lowest BCUT2D eigenvalue weighted by Crippen LogP contribution is -2.52. The molecule has 2 heterocycles. The lowest BCUT2D eigenvalue weighted by Gasteiger charge is -2.34. The molecule has 37 heavy (non-hydrogen) atoms. The van der Waals surface area contributed by atoms with Crippen LogP contribution < -0.4 is 5.32 Å². The molecule has 0 radical (unpaired) electrons. The molecule has 2 atom stereocenters. The number of rotatable bonds is 6. The van der Waals surface area contributed by atoms with Gasteiger partial charge in [0.1, 0.15) is 6.04 Å². The molecular weight excluding hydrogens is 496 g/mol. The summed E-state index contributed by atoms with van der Waals surface area (Å²) in [4.78, 5) is 45.7. The zero-order valence-corrected chi connectivity index (χ0v) is 22.1. The van der Waals surface area contributed by atoms with Crippen molar-refractivity contribution in [2.24, 2.45) is 0 Å². The predicted octanol–water partition coefficient (Wildman–Crippen LogP) is 3.45. The molecule has 0 saturated carbocycles. The van der Waals surface area contributed by atoms with Crippen LogP contribution in [0.1, 0.15) is 62.4 Å². The van der Waals surface area contributed by atoms with Gasteiger partial charge in [0.05, 0.1) is 0 Å². The second kappa shape index (κ2) is 10.3. The molecule has 1 aromatic heterocycles. The summed E-state index contributed by atoms with van der Waals surface area (Å²) in [7, 11) is 0. The summed E-state index contributed by atoms with van der Waals surface area (Å²) in [6, 6.07) is 7.88. The van der Waals surface area contributed by atoms with Gasteiger partial charge in [0, 0.05) is 47.7 Å². The Morgan fingerprint density at radius 1 is 1.24 bits per heavy atom. The van der Waals surface area contributed by atoms with Crippen molar-refractivity contribution in [1.82, 2.24) is 20.1 Å². The molecule has 1 fully saturated rings. The minimum Gasteiger partial charge on any atom is -0.465 e. The van der Waals surface area contributed by atoms with Crippen molar-refractivity contribution in [1.29, 1.82) is 0 Å². The van der Waals surface area contributed by atoms with E-state index in [0.29, 0.717) is 47.7 Å². The fourth-order valence-corrected chi connectivity index (χ4v) is 5.36. The number of fused-ring (bicyclic) bond motifs is 1. The Balaban J connectivity index is 1.48. The maximum Gasteiger partial charge on any atom is 0.408 e. The van der Waals surface area contributed by atoms with Crippen LogP contribution in [0.25, 0.3) is 0 Å². The van der Waals surface area contributed by atoms with E-state index < -0.39 is 29.2 Å². The first-order chi connectivity index (χ1) is 17.4. The standard InChI is InChI=1S/C27H33ClN4O5/c1-26(2,3)32(25(35)36)16-17-8-9-19(28)14-18(17)15-30-23(33)22-7-5-13-31(22)24(34)27(37)11-10-21-20(27)6-4-12-29-21/h4,6,8-9,12,14,22,37H,5,7,10-11,13,15-16H2,1-3H3,(H,30,33)(H,35,36)/t22-,27?/m0/s1. The van der Waals surface area contributed by atoms with Crippen LogP contribution in [0.2, 0.25) is 5.02 Å². The van der Waals surface area contributed by atoms with Gasteiger partial charge in [-0.15, -0.1) is 0 Å². The quantitative estimate of drug-likeness (QED) is 0.527. The Morgan fingerprint density at radius 3 is 2.70 bits per heavy atom. The number of halogens is 1. The summed E-state index contributed by atoms with van der Waals surface area (Å²) in [6.45, 7) is 6.10. The Hall–Kier alpha value is -3.17. The van der Waals surface area contributed by atoms with E-state index in [0.717, 1.165) is 5.56 Å². The zero-order valence-electron chi connectivity index (χ0n) is 21.3. The highest BCUT2D eigenvalue weighted by Crippen LogP contribution is 2.38.